The molecule has 0 saturated carbocycles. The second-order valence-electron chi connectivity index (χ2n) is 8.37. The van der Waals surface area contributed by atoms with Crippen molar-refractivity contribution in [2.75, 3.05) is 26.4 Å². The number of ether oxygens (including phenoxy) is 3. The number of benzene rings is 2. The molecular weight excluding hydrogens is 464 g/mol. The largest absolute Gasteiger partial charge is 0.493 e. The summed E-state index contributed by atoms with van der Waals surface area (Å²) >= 11 is 6.40. The highest BCUT2D eigenvalue weighted by atomic mass is 35.5. The Balaban J connectivity index is 1.63. The van der Waals surface area contributed by atoms with E-state index in [1.165, 1.54) is 0 Å². The van der Waals surface area contributed by atoms with E-state index in [0.717, 1.165) is 11.1 Å². The first kappa shape index (κ1) is 26.8. The summed E-state index contributed by atoms with van der Waals surface area (Å²) in [6.07, 6.45) is -5.66. The van der Waals surface area contributed by atoms with Crippen LogP contribution in [0.1, 0.15) is 36.1 Å². The molecule has 8 nitrogen and oxygen atoms in total. The number of hydrogen-bond donors (Lipinski definition) is 5. The molecule has 3 rings (SSSR count). The average Bonchev–Trinajstić information content (AvgIpc) is 2.84. The van der Waals surface area contributed by atoms with Gasteiger partial charge in [-0.15, -0.1) is 0 Å². The van der Waals surface area contributed by atoms with Crippen molar-refractivity contribution in [3.05, 3.63) is 64.2 Å². The van der Waals surface area contributed by atoms with Crippen LogP contribution >= 0.6 is 11.6 Å². The third-order valence-electron chi connectivity index (χ3n) is 5.84. The molecule has 1 heterocycles. The molecular formula is C25H33ClO8. The zero-order valence-electron chi connectivity index (χ0n) is 19.1. The molecule has 0 amide bonds. The summed E-state index contributed by atoms with van der Waals surface area (Å²) in [4.78, 5) is 0. The maximum atomic E-state index is 10.4. The van der Waals surface area contributed by atoms with Crippen molar-refractivity contribution in [1.82, 2.24) is 0 Å². The van der Waals surface area contributed by atoms with Gasteiger partial charge in [0, 0.05) is 18.1 Å². The van der Waals surface area contributed by atoms with E-state index in [-0.39, 0.29) is 0 Å². The van der Waals surface area contributed by atoms with Gasteiger partial charge in [-0.1, -0.05) is 35.9 Å². The lowest BCUT2D eigenvalue weighted by atomic mass is 9.90. The Morgan fingerprint density at radius 2 is 1.76 bits per heavy atom. The van der Waals surface area contributed by atoms with Crippen molar-refractivity contribution < 1.29 is 39.7 Å². The van der Waals surface area contributed by atoms with E-state index in [2.05, 4.69) is 0 Å². The van der Waals surface area contributed by atoms with Crippen molar-refractivity contribution >= 4 is 11.6 Å². The lowest BCUT2D eigenvalue weighted by molar-refractivity contribution is -0.231. The minimum Gasteiger partial charge on any atom is -0.493 e. The third-order valence-corrected chi connectivity index (χ3v) is 6.21. The van der Waals surface area contributed by atoms with Crippen LogP contribution in [0.5, 0.6) is 5.75 Å². The molecule has 0 unspecified atom stereocenters. The Morgan fingerprint density at radius 3 is 2.44 bits per heavy atom. The van der Waals surface area contributed by atoms with Crippen molar-refractivity contribution in [3.63, 3.8) is 0 Å². The van der Waals surface area contributed by atoms with Gasteiger partial charge in [0.1, 0.15) is 36.3 Å². The normalized spacial score (nSPS) is 25.8. The smallest absolute Gasteiger partial charge is 0.119 e. The first-order chi connectivity index (χ1) is 16.3. The minimum absolute atomic E-state index is 0.293. The number of hydrogen-bond acceptors (Lipinski definition) is 8. The number of halogens is 1. The third kappa shape index (κ3) is 6.90. The van der Waals surface area contributed by atoms with Crippen molar-refractivity contribution in [2.24, 2.45) is 0 Å². The molecule has 0 aliphatic carbocycles. The summed E-state index contributed by atoms with van der Waals surface area (Å²) in [5.74, 6) is 0.688. The summed E-state index contributed by atoms with van der Waals surface area (Å²) in [5.41, 5.74) is 2.36. The maximum Gasteiger partial charge on any atom is 0.119 e. The molecule has 0 spiro atoms. The van der Waals surface area contributed by atoms with E-state index < -0.39 is 43.2 Å². The second-order valence-corrected chi connectivity index (χ2v) is 8.78. The predicted octanol–water partition coefficient (Wildman–Crippen LogP) is 1.61. The zero-order chi connectivity index (χ0) is 24.7. The van der Waals surface area contributed by atoms with Gasteiger partial charge in [0.25, 0.3) is 0 Å². The van der Waals surface area contributed by atoms with Crippen LogP contribution < -0.4 is 4.74 Å². The Labute approximate surface area is 204 Å². The SMILES string of the molecule is CCOC[C@@H](O)CCOc1ccc(Cc2cc([C@@H]3O[C@H](CO)[C@@H](O)[C@H](O)[C@H]3O)ccc2Cl)cc1. The number of aliphatic hydroxyl groups is 5. The van der Waals surface area contributed by atoms with Gasteiger partial charge in [0.15, 0.2) is 0 Å². The van der Waals surface area contributed by atoms with E-state index in [0.29, 0.717) is 49.0 Å². The van der Waals surface area contributed by atoms with E-state index in [1.807, 2.05) is 31.2 Å². The molecule has 1 saturated heterocycles. The van der Waals surface area contributed by atoms with Crippen LogP contribution in [0.2, 0.25) is 5.02 Å². The molecule has 34 heavy (non-hydrogen) atoms. The lowest BCUT2D eigenvalue weighted by Crippen LogP contribution is -2.55. The molecule has 0 aromatic heterocycles. The van der Waals surface area contributed by atoms with E-state index in [4.69, 9.17) is 25.8 Å². The van der Waals surface area contributed by atoms with Gasteiger partial charge in [-0.25, -0.2) is 0 Å². The molecule has 1 fully saturated rings. The van der Waals surface area contributed by atoms with Gasteiger partial charge in [0.05, 0.1) is 25.9 Å². The van der Waals surface area contributed by atoms with Gasteiger partial charge in [-0.05, 0) is 48.2 Å². The predicted molar refractivity (Wildman–Crippen MR) is 126 cm³/mol. The highest BCUT2D eigenvalue weighted by Gasteiger charge is 2.44. The van der Waals surface area contributed by atoms with Crippen LogP contribution in [0.4, 0.5) is 0 Å². The van der Waals surface area contributed by atoms with Gasteiger partial charge >= 0.3 is 0 Å². The van der Waals surface area contributed by atoms with E-state index in [9.17, 15) is 25.5 Å². The lowest BCUT2D eigenvalue weighted by Gasteiger charge is -2.40. The molecule has 1 aliphatic heterocycles. The Bertz CT molecular complexity index is 891. The van der Waals surface area contributed by atoms with Crippen LogP contribution in [0.25, 0.3) is 0 Å². The van der Waals surface area contributed by atoms with E-state index in [1.54, 1.807) is 18.2 Å². The highest BCUT2D eigenvalue weighted by molar-refractivity contribution is 6.31. The molecule has 2 aromatic carbocycles. The first-order valence-electron chi connectivity index (χ1n) is 11.4. The topological polar surface area (TPSA) is 129 Å². The summed E-state index contributed by atoms with van der Waals surface area (Å²) < 4.78 is 16.5. The molecule has 1 aliphatic rings. The van der Waals surface area contributed by atoms with Gasteiger partial charge in [0.2, 0.25) is 0 Å². The van der Waals surface area contributed by atoms with Crippen LogP contribution in [0.3, 0.4) is 0 Å². The fraction of sp³-hybridized carbons (Fsp3) is 0.520. The zero-order valence-corrected chi connectivity index (χ0v) is 19.8. The number of rotatable bonds is 11. The minimum atomic E-state index is -1.44. The van der Waals surface area contributed by atoms with Crippen LogP contribution in [-0.2, 0) is 15.9 Å². The Morgan fingerprint density at radius 1 is 1.03 bits per heavy atom. The standard InChI is InChI=1S/C25H33ClO8/c1-2-32-14-18(28)9-10-33-19-6-3-15(4-7-19)11-17-12-16(5-8-20(17)26)25-24(31)23(30)22(29)21(13-27)34-25/h3-8,12,18,21-25,27-31H,2,9-11,13-14H2,1H3/t18-,21+,22+,23-,24+,25-/m0/s1. The molecule has 9 heteroatoms. The molecule has 0 radical (unpaired) electrons. The van der Waals surface area contributed by atoms with Crippen LogP contribution in [0.15, 0.2) is 42.5 Å². The molecule has 6 atom stereocenters. The van der Waals surface area contributed by atoms with Crippen molar-refractivity contribution in [3.8, 4) is 5.75 Å². The molecule has 188 valence electrons. The average molecular weight is 497 g/mol. The van der Waals surface area contributed by atoms with Crippen LogP contribution in [0, 0.1) is 0 Å². The first-order valence-corrected chi connectivity index (χ1v) is 11.8. The highest BCUT2D eigenvalue weighted by Crippen LogP contribution is 2.34. The second kappa shape index (κ2) is 12.8. The molecule has 2 aromatic rings. The molecule has 0 bridgehead atoms. The maximum absolute atomic E-state index is 10.4. The van der Waals surface area contributed by atoms with Crippen molar-refractivity contribution in [2.45, 2.75) is 56.4 Å². The Hall–Kier alpha value is -1.75. The number of aliphatic hydroxyl groups excluding tert-OH is 5. The fourth-order valence-corrected chi connectivity index (χ4v) is 4.04. The monoisotopic (exact) mass is 496 g/mol. The fourth-order valence-electron chi connectivity index (χ4n) is 3.86. The summed E-state index contributed by atoms with van der Waals surface area (Å²) in [7, 11) is 0. The quantitative estimate of drug-likeness (QED) is 0.317. The molecule has 5 N–H and O–H groups in total. The van der Waals surface area contributed by atoms with Crippen LogP contribution in [-0.4, -0.2) is 82.5 Å². The van der Waals surface area contributed by atoms with Gasteiger partial charge in [-0.3, -0.25) is 0 Å². The van der Waals surface area contributed by atoms with E-state index >= 15 is 0 Å². The van der Waals surface area contributed by atoms with Gasteiger partial charge in [-0.2, -0.15) is 0 Å². The Kier molecular flexibility index (Phi) is 10.1. The summed E-state index contributed by atoms with van der Waals surface area (Å²) in [6, 6.07) is 12.7. The summed E-state index contributed by atoms with van der Waals surface area (Å²) in [6.45, 7) is 2.63. The van der Waals surface area contributed by atoms with Gasteiger partial charge < -0.3 is 39.7 Å². The summed E-state index contributed by atoms with van der Waals surface area (Å²) in [5, 5.41) is 50.3. The van der Waals surface area contributed by atoms with Crippen molar-refractivity contribution in [1.29, 1.82) is 0 Å².